The largest absolute Gasteiger partial charge is 0.418 e. The number of aliphatic hydroxyl groups is 1. The highest BCUT2D eigenvalue weighted by Crippen LogP contribution is 2.23. The molecule has 0 amide bonds. The van der Waals surface area contributed by atoms with Crippen LogP contribution in [-0.2, 0) is 5.60 Å². The monoisotopic (exact) mass is 222 g/mol. The molecule has 0 atom stereocenters. The van der Waals surface area contributed by atoms with Crippen molar-refractivity contribution < 1.29 is 13.9 Å². The smallest absolute Gasteiger partial charge is 0.247 e. The van der Waals surface area contributed by atoms with Crippen molar-refractivity contribution in [1.82, 2.24) is 10.2 Å². The van der Waals surface area contributed by atoms with E-state index in [1.807, 2.05) is 0 Å². The lowest BCUT2D eigenvalue weighted by Gasteiger charge is -2.09. The Morgan fingerprint density at radius 1 is 1.19 bits per heavy atom. The maximum Gasteiger partial charge on any atom is 0.247 e. The lowest BCUT2D eigenvalue weighted by molar-refractivity contribution is 0.0488. The van der Waals surface area contributed by atoms with Gasteiger partial charge in [-0.25, -0.2) is 4.39 Å². The SMILES string of the molecule is CC(C)(O)c1nnc(-c2ccc(F)cc2)o1. The normalized spacial score (nSPS) is 11.8. The fourth-order valence-electron chi connectivity index (χ4n) is 1.18. The van der Waals surface area contributed by atoms with Gasteiger partial charge < -0.3 is 9.52 Å². The predicted octanol–water partition coefficient (Wildman–Crippen LogP) is 2.10. The van der Waals surface area contributed by atoms with Crippen LogP contribution in [-0.4, -0.2) is 15.3 Å². The second-order valence-electron chi connectivity index (χ2n) is 3.98. The van der Waals surface area contributed by atoms with E-state index in [1.54, 1.807) is 13.8 Å². The maximum absolute atomic E-state index is 12.7. The average Bonchev–Trinajstić information content (AvgIpc) is 2.67. The van der Waals surface area contributed by atoms with E-state index in [0.29, 0.717) is 5.56 Å². The Morgan fingerprint density at radius 2 is 1.81 bits per heavy atom. The molecule has 0 aliphatic heterocycles. The highest BCUT2D eigenvalue weighted by molar-refractivity contribution is 5.52. The summed E-state index contributed by atoms with van der Waals surface area (Å²) in [5.74, 6) is 0.0647. The van der Waals surface area contributed by atoms with Crippen LogP contribution in [0.3, 0.4) is 0 Å². The summed E-state index contributed by atoms with van der Waals surface area (Å²) in [4.78, 5) is 0. The van der Waals surface area contributed by atoms with Gasteiger partial charge in [0, 0.05) is 5.56 Å². The minimum atomic E-state index is -1.18. The van der Waals surface area contributed by atoms with Crippen LogP contribution in [0, 0.1) is 5.82 Å². The van der Waals surface area contributed by atoms with Crippen LogP contribution in [0.5, 0.6) is 0 Å². The standard InChI is InChI=1S/C11H11FN2O2/c1-11(2,15)10-14-13-9(16-10)7-3-5-8(12)6-4-7/h3-6,15H,1-2H3. The summed E-state index contributed by atoms with van der Waals surface area (Å²) in [6, 6.07) is 5.70. The first-order valence-electron chi connectivity index (χ1n) is 4.79. The Hall–Kier alpha value is -1.75. The van der Waals surface area contributed by atoms with Crippen LogP contribution in [0.4, 0.5) is 4.39 Å². The van der Waals surface area contributed by atoms with Gasteiger partial charge in [0.05, 0.1) is 0 Å². The Bertz CT molecular complexity index is 485. The molecule has 0 bridgehead atoms. The predicted molar refractivity (Wildman–Crippen MR) is 54.9 cm³/mol. The molecule has 1 aromatic carbocycles. The van der Waals surface area contributed by atoms with Crippen molar-refractivity contribution in [2.45, 2.75) is 19.4 Å². The third kappa shape index (κ3) is 2.09. The molecule has 2 rings (SSSR count). The number of rotatable bonds is 2. The van der Waals surface area contributed by atoms with Crippen LogP contribution in [0.25, 0.3) is 11.5 Å². The molecule has 84 valence electrons. The van der Waals surface area contributed by atoms with E-state index >= 15 is 0 Å². The van der Waals surface area contributed by atoms with Gasteiger partial charge in [-0.05, 0) is 38.1 Å². The molecule has 0 radical (unpaired) electrons. The molecule has 0 saturated heterocycles. The number of hydrogen-bond donors (Lipinski definition) is 1. The number of hydrogen-bond acceptors (Lipinski definition) is 4. The molecular weight excluding hydrogens is 211 g/mol. The van der Waals surface area contributed by atoms with Gasteiger partial charge in [0.1, 0.15) is 11.4 Å². The molecule has 0 saturated carbocycles. The fourth-order valence-corrected chi connectivity index (χ4v) is 1.18. The summed E-state index contributed by atoms with van der Waals surface area (Å²) in [7, 11) is 0. The molecule has 16 heavy (non-hydrogen) atoms. The molecule has 1 heterocycles. The quantitative estimate of drug-likeness (QED) is 0.845. The zero-order valence-corrected chi connectivity index (χ0v) is 8.94. The molecule has 1 aromatic heterocycles. The van der Waals surface area contributed by atoms with Crippen molar-refractivity contribution in [3.05, 3.63) is 36.0 Å². The fraction of sp³-hybridized carbons (Fsp3) is 0.273. The molecule has 5 heteroatoms. The van der Waals surface area contributed by atoms with Crippen molar-refractivity contribution in [1.29, 1.82) is 0 Å². The molecule has 1 N–H and O–H groups in total. The second-order valence-corrected chi connectivity index (χ2v) is 3.98. The zero-order chi connectivity index (χ0) is 11.8. The van der Waals surface area contributed by atoms with Crippen molar-refractivity contribution in [2.75, 3.05) is 0 Å². The highest BCUT2D eigenvalue weighted by atomic mass is 19.1. The number of aromatic nitrogens is 2. The van der Waals surface area contributed by atoms with Crippen molar-refractivity contribution in [2.24, 2.45) is 0 Å². The molecule has 2 aromatic rings. The van der Waals surface area contributed by atoms with Gasteiger partial charge >= 0.3 is 0 Å². The summed E-state index contributed by atoms with van der Waals surface area (Å²) < 4.78 is 18.0. The van der Waals surface area contributed by atoms with E-state index in [0.717, 1.165) is 0 Å². The van der Waals surface area contributed by atoms with Gasteiger partial charge in [-0.15, -0.1) is 10.2 Å². The molecule has 4 nitrogen and oxygen atoms in total. The first-order valence-corrected chi connectivity index (χ1v) is 4.79. The summed E-state index contributed by atoms with van der Waals surface area (Å²) in [6.07, 6.45) is 0. The Morgan fingerprint density at radius 3 is 2.31 bits per heavy atom. The number of halogens is 1. The summed E-state index contributed by atoms with van der Waals surface area (Å²) in [5, 5.41) is 17.1. The molecule has 0 aliphatic rings. The third-order valence-electron chi connectivity index (χ3n) is 2.04. The lowest BCUT2D eigenvalue weighted by atomic mass is 10.1. The van der Waals surface area contributed by atoms with Gasteiger partial charge in [0.15, 0.2) is 0 Å². The third-order valence-corrected chi connectivity index (χ3v) is 2.04. The first-order chi connectivity index (χ1) is 7.47. The topological polar surface area (TPSA) is 59.2 Å². The van der Waals surface area contributed by atoms with Gasteiger partial charge in [-0.3, -0.25) is 0 Å². The van der Waals surface area contributed by atoms with E-state index in [4.69, 9.17) is 4.42 Å². The van der Waals surface area contributed by atoms with Gasteiger partial charge in [-0.1, -0.05) is 0 Å². The van der Waals surface area contributed by atoms with Crippen LogP contribution in [0.1, 0.15) is 19.7 Å². The number of benzene rings is 1. The Balaban J connectivity index is 2.35. The molecular formula is C11H11FN2O2. The highest BCUT2D eigenvalue weighted by Gasteiger charge is 2.23. The van der Waals surface area contributed by atoms with Crippen LogP contribution in [0.2, 0.25) is 0 Å². The summed E-state index contributed by atoms with van der Waals surface area (Å²) in [6.45, 7) is 3.10. The van der Waals surface area contributed by atoms with Crippen LogP contribution >= 0.6 is 0 Å². The molecule has 0 unspecified atom stereocenters. The summed E-state index contributed by atoms with van der Waals surface area (Å²) >= 11 is 0. The zero-order valence-electron chi connectivity index (χ0n) is 8.94. The lowest BCUT2D eigenvalue weighted by Crippen LogP contribution is -2.15. The van der Waals surface area contributed by atoms with E-state index < -0.39 is 5.60 Å². The van der Waals surface area contributed by atoms with Gasteiger partial charge in [-0.2, -0.15) is 0 Å². The number of nitrogens with zero attached hydrogens (tertiary/aromatic N) is 2. The minimum Gasteiger partial charge on any atom is -0.418 e. The van der Waals surface area contributed by atoms with E-state index in [-0.39, 0.29) is 17.6 Å². The Labute approximate surface area is 91.7 Å². The maximum atomic E-state index is 12.7. The second kappa shape index (κ2) is 3.68. The van der Waals surface area contributed by atoms with Crippen molar-refractivity contribution >= 4 is 0 Å². The minimum absolute atomic E-state index is 0.131. The van der Waals surface area contributed by atoms with Gasteiger partial charge in [0.2, 0.25) is 11.8 Å². The van der Waals surface area contributed by atoms with E-state index in [9.17, 15) is 9.50 Å². The van der Waals surface area contributed by atoms with E-state index in [2.05, 4.69) is 10.2 Å². The van der Waals surface area contributed by atoms with Crippen molar-refractivity contribution in [3.8, 4) is 11.5 Å². The van der Waals surface area contributed by atoms with E-state index in [1.165, 1.54) is 24.3 Å². The van der Waals surface area contributed by atoms with Crippen molar-refractivity contribution in [3.63, 3.8) is 0 Å². The molecule has 0 spiro atoms. The van der Waals surface area contributed by atoms with Gasteiger partial charge in [0.25, 0.3) is 0 Å². The summed E-state index contributed by atoms with van der Waals surface area (Å²) in [5.41, 5.74) is -0.560. The Kier molecular flexibility index (Phi) is 2.47. The first kappa shape index (κ1) is 10.8. The van der Waals surface area contributed by atoms with Crippen LogP contribution < -0.4 is 0 Å². The molecule has 0 fully saturated rings. The average molecular weight is 222 g/mol. The molecule has 0 aliphatic carbocycles. The van der Waals surface area contributed by atoms with Crippen LogP contribution in [0.15, 0.2) is 28.7 Å².